The number of ether oxygens (including phenoxy) is 6. The monoisotopic (exact) mass is 788 g/mol. The van der Waals surface area contributed by atoms with Gasteiger partial charge in [0.2, 0.25) is 17.7 Å². The molecule has 3 amide bonds. The van der Waals surface area contributed by atoms with Crippen LogP contribution in [0.1, 0.15) is 66.2 Å². The van der Waals surface area contributed by atoms with Crippen LogP contribution in [0, 0.1) is 23.2 Å². The number of nitrogens with zero attached hydrogens (tertiary/aromatic N) is 2. The molecule has 0 spiro atoms. The van der Waals surface area contributed by atoms with E-state index in [1.807, 2.05) is 27.7 Å². The lowest BCUT2D eigenvalue weighted by atomic mass is 9.85. The number of methoxy groups -OCH3 is 2. The Morgan fingerprint density at radius 3 is 2.29 bits per heavy atom. The van der Waals surface area contributed by atoms with Crippen molar-refractivity contribution in [3.8, 4) is 17.4 Å². The molecule has 16 heteroatoms. The van der Waals surface area contributed by atoms with Crippen molar-refractivity contribution in [3.63, 3.8) is 0 Å². The third-order valence-electron chi connectivity index (χ3n) is 11.2. The zero-order valence-corrected chi connectivity index (χ0v) is 33.1. The zero-order valence-electron chi connectivity index (χ0n) is 32.4. The molecule has 1 unspecified atom stereocenters. The van der Waals surface area contributed by atoms with E-state index in [9.17, 15) is 24.3 Å². The molecule has 302 valence electrons. The van der Waals surface area contributed by atoms with Gasteiger partial charge in [-0.25, -0.2) is 14.6 Å². The maximum absolute atomic E-state index is 14.6. The molecule has 3 N–H and O–H groups in total. The summed E-state index contributed by atoms with van der Waals surface area (Å²) in [5.74, 6) is -0.356. The number of carboxylic acid groups (broad SMARTS) is 1. The van der Waals surface area contributed by atoms with Crippen LogP contribution in [0.15, 0.2) is 18.2 Å². The minimum absolute atomic E-state index is 0.0336. The second-order valence-electron chi connectivity index (χ2n) is 16.2. The first-order valence-electron chi connectivity index (χ1n) is 19.0. The van der Waals surface area contributed by atoms with E-state index in [4.69, 9.17) is 40.0 Å². The normalized spacial score (nSPS) is 27.2. The van der Waals surface area contributed by atoms with Crippen molar-refractivity contribution in [2.45, 2.75) is 96.1 Å². The van der Waals surface area contributed by atoms with E-state index in [0.29, 0.717) is 60.3 Å². The number of carbonyl (C=O) groups excluding carboxylic acids is 3. The van der Waals surface area contributed by atoms with Crippen LogP contribution in [-0.2, 0) is 28.6 Å². The van der Waals surface area contributed by atoms with Gasteiger partial charge in [0.25, 0.3) is 0 Å². The molecule has 0 bridgehead atoms. The molecule has 4 aliphatic rings. The summed E-state index contributed by atoms with van der Waals surface area (Å²) in [6, 6.07) is 2.88. The predicted octanol–water partition coefficient (Wildman–Crippen LogP) is 4.60. The summed E-state index contributed by atoms with van der Waals surface area (Å²) in [7, 11) is 3.12. The largest absolute Gasteiger partial charge is 0.490 e. The standard InChI is InChI=1S/C39H53ClN4O11/c1-7-23-19-39(23,36(47)48)43-34(45)27-17-25(20-44(27)35(46)33(38(2,3)4)42-37(49)55-24-15-21-14-22(21)16-24)54-29-18-30(53-13-11-51-6)41-32-26(29)8-9-28(31(32)40)52-12-10-50-5/h8-9,18,21-25,27,33H,7,10-17,19-20H2,1-6H3,(H,42,49)(H,43,45)(H,47,48)/t21-,22+,23-,24?,25-,27+,33-,39-/m1/s1. The van der Waals surface area contributed by atoms with E-state index in [2.05, 4.69) is 15.6 Å². The van der Waals surface area contributed by atoms with Gasteiger partial charge in [0, 0.05) is 32.1 Å². The number of hydrogen-bond acceptors (Lipinski definition) is 11. The third kappa shape index (κ3) is 8.99. The average molecular weight is 789 g/mol. The van der Waals surface area contributed by atoms with Crippen LogP contribution in [0.25, 0.3) is 10.9 Å². The SMILES string of the molecule is CC[C@@H]1C[C@]1(NC(=O)[C@@H]1C[C@@H](Oc2cc(OCCOC)nc3c(Cl)c(OCCOC)ccc23)CN1C(=O)[C@@H](NC(=O)OC1C[C@@H]2C[C@@H]2C1)C(C)(C)C)C(=O)O. The molecule has 2 aromatic rings. The van der Waals surface area contributed by atoms with E-state index in [0.717, 1.165) is 12.8 Å². The summed E-state index contributed by atoms with van der Waals surface area (Å²) in [5, 5.41) is 16.5. The second-order valence-corrected chi connectivity index (χ2v) is 16.5. The number of hydrogen-bond donors (Lipinski definition) is 3. The maximum Gasteiger partial charge on any atom is 0.408 e. The molecule has 1 aliphatic heterocycles. The molecule has 4 fully saturated rings. The Balaban J connectivity index is 1.29. The Kier molecular flexibility index (Phi) is 12.2. The highest BCUT2D eigenvalue weighted by Gasteiger charge is 2.61. The number of benzene rings is 1. The van der Waals surface area contributed by atoms with Crippen LogP contribution in [-0.4, -0.2) is 116 Å². The number of fused-ring (bicyclic) bond motifs is 2. The molecule has 6 rings (SSSR count). The fourth-order valence-electron chi connectivity index (χ4n) is 7.96. The van der Waals surface area contributed by atoms with E-state index in [1.54, 1.807) is 32.4 Å². The number of carboxylic acids is 1. The molecule has 3 saturated carbocycles. The Morgan fingerprint density at radius 1 is 0.982 bits per heavy atom. The summed E-state index contributed by atoms with van der Waals surface area (Å²) in [6.07, 6.45) is 2.08. The molecule has 55 heavy (non-hydrogen) atoms. The number of carbonyl (C=O) groups is 4. The van der Waals surface area contributed by atoms with Gasteiger partial charge in [0.05, 0.1) is 19.8 Å². The number of aromatic nitrogens is 1. The Labute approximate surface area is 326 Å². The fraction of sp³-hybridized carbons (Fsp3) is 0.667. The van der Waals surface area contributed by atoms with Crippen molar-refractivity contribution in [3.05, 3.63) is 23.2 Å². The van der Waals surface area contributed by atoms with Gasteiger partial charge in [0.15, 0.2) is 0 Å². The minimum Gasteiger partial charge on any atom is -0.490 e. The van der Waals surface area contributed by atoms with Gasteiger partial charge in [-0.3, -0.25) is 9.59 Å². The summed E-state index contributed by atoms with van der Waals surface area (Å²) in [6.45, 7) is 8.39. The van der Waals surface area contributed by atoms with Crippen molar-refractivity contribution in [1.82, 2.24) is 20.5 Å². The number of aliphatic carboxylic acids is 1. The first-order valence-corrected chi connectivity index (χ1v) is 19.4. The van der Waals surface area contributed by atoms with Crippen LogP contribution in [0.5, 0.6) is 17.4 Å². The maximum atomic E-state index is 14.6. The number of likely N-dealkylation sites (tertiary alicyclic amines) is 1. The molecule has 2 heterocycles. The van der Waals surface area contributed by atoms with E-state index < -0.39 is 53.0 Å². The molecule has 3 aliphatic carbocycles. The summed E-state index contributed by atoms with van der Waals surface area (Å²) >= 11 is 6.81. The Morgan fingerprint density at radius 2 is 1.67 bits per heavy atom. The summed E-state index contributed by atoms with van der Waals surface area (Å²) in [4.78, 5) is 60.3. The highest BCUT2D eigenvalue weighted by Crippen LogP contribution is 2.52. The highest BCUT2D eigenvalue weighted by molar-refractivity contribution is 6.36. The molecule has 8 atom stereocenters. The van der Waals surface area contributed by atoms with Crippen molar-refractivity contribution >= 4 is 46.4 Å². The summed E-state index contributed by atoms with van der Waals surface area (Å²) in [5.41, 5.74) is -1.85. The number of rotatable bonds is 17. The van der Waals surface area contributed by atoms with Crippen molar-refractivity contribution in [2.24, 2.45) is 23.2 Å². The van der Waals surface area contributed by atoms with Gasteiger partial charge in [-0.15, -0.1) is 0 Å². The number of halogens is 1. The van der Waals surface area contributed by atoms with Gasteiger partial charge in [-0.05, 0) is 61.0 Å². The average Bonchev–Trinajstić information content (AvgIpc) is 3.94. The lowest BCUT2D eigenvalue weighted by Gasteiger charge is -2.35. The van der Waals surface area contributed by atoms with Crippen LogP contribution in [0.2, 0.25) is 5.02 Å². The molecule has 0 radical (unpaired) electrons. The van der Waals surface area contributed by atoms with E-state index in [1.165, 1.54) is 11.3 Å². The fourth-order valence-corrected chi connectivity index (χ4v) is 8.22. The van der Waals surface area contributed by atoms with Crippen molar-refractivity contribution < 1.29 is 52.7 Å². The minimum atomic E-state index is -1.41. The number of pyridine rings is 1. The van der Waals surface area contributed by atoms with Gasteiger partial charge in [-0.2, -0.15) is 0 Å². The van der Waals surface area contributed by atoms with Gasteiger partial charge in [0.1, 0.15) is 65.1 Å². The van der Waals surface area contributed by atoms with Crippen LogP contribution < -0.4 is 24.8 Å². The number of amides is 3. The number of alkyl carbamates (subject to hydrolysis) is 1. The molecule has 15 nitrogen and oxygen atoms in total. The summed E-state index contributed by atoms with van der Waals surface area (Å²) < 4.78 is 34.3. The zero-order chi connectivity index (χ0) is 39.7. The van der Waals surface area contributed by atoms with E-state index in [-0.39, 0.29) is 49.1 Å². The molecule has 1 saturated heterocycles. The van der Waals surface area contributed by atoms with Crippen molar-refractivity contribution in [1.29, 1.82) is 0 Å². The molecular weight excluding hydrogens is 736 g/mol. The Hall–Kier alpha value is -4.08. The lowest BCUT2D eigenvalue weighted by Crippen LogP contribution is -2.59. The Bertz CT molecular complexity index is 1760. The van der Waals surface area contributed by atoms with Crippen molar-refractivity contribution in [2.75, 3.05) is 47.2 Å². The van der Waals surface area contributed by atoms with Gasteiger partial charge >= 0.3 is 12.1 Å². The molecule has 1 aromatic carbocycles. The molecule has 1 aromatic heterocycles. The lowest BCUT2D eigenvalue weighted by molar-refractivity contribution is -0.146. The highest BCUT2D eigenvalue weighted by atomic mass is 35.5. The first kappa shape index (κ1) is 40.6. The van der Waals surface area contributed by atoms with Crippen LogP contribution in [0.4, 0.5) is 4.79 Å². The topological polar surface area (TPSA) is 184 Å². The van der Waals surface area contributed by atoms with Crippen LogP contribution >= 0.6 is 11.6 Å². The van der Waals surface area contributed by atoms with Gasteiger partial charge < -0.3 is 49.1 Å². The van der Waals surface area contributed by atoms with Crippen LogP contribution in [0.3, 0.4) is 0 Å². The third-order valence-corrected chi connectivity index (χ3v) is 11.6. The smallest absolute Gasteiger partial charge is 0.408 e. The quantitative estimate of drug-likeness (QED) is 0.190. The van der Waals surface area contributed by atoms with E-state index >= 15 is 0 Å². The predicted molar refractivity (Wildman–Crippen MR) is 200 cm³/mol. The first-order chi connectivity index (χ1) is 26.2. The number of nitrogens with one attached hydrogen (secondary N) is 2. The van der Waals surface area contributed by atoms with Gasteiger partial charge in [-0.1, -0.05) is 45.7 Å². The second kappa shape index (κ2) is 16.6. The molecular formula is C39H53ClN4O11.